The maximum atomic E-state index is 13.9. The van der Waals surface area contributed by atoms with Crippen molar-refractivity contribution in [1.29, 1.82) is 0 Å². The van der Waals surface area contributed by atoms with Gasteiger partial charge in [0.15, 0.2) is 0 Å². The normalized spacial score (nSPS) is 11.7. The van der Waals surface area contributed by atoms with Crippen LogP contribution in [0.1, 0.15) is 18.4 Å². The molecule has 150 valence electrons. The van der Waals surface area contributed by atoms with Gasteiger partial charge in [-0.1, -0.05) is 24.3 Å². The first-order valence-corrected chi connectivity index (χ1v) is 8.91. The van der Waals surface area contributed by atoms with Crippen molar-refractivity contribution in [2.45, 2.75) is 26.3 Å². The van der Waals surface area contributed by atoms with Crippen molar-refractivity contribution in [1.82, 2.24) is 10.3 Å². The summed E-state index contributed by atoms with van der Waals surface area (Å²) in [5.41, 5.74) is 0.558. The lowest BCUT2D eigenvalue weighted by molar-refractivity contribution is -0.125. The van der Waals surface area contributed by atoms with Gasteiger partial charge >= 0.3 is 0 Å². The molecule has 0 spiro atoms. The minimum atomic E-state index is -0.902. The highest BCUT2D eigenvalue weighted by atomic mass is 19.1. The van der Waals surface area contributed by atoms with Gasteiger partial charge in [-0.2, -0.15) is 0 Å². The molecule has 1 unspecified atom stereocenters. The van der Waals surface area contributed by atoms with Crippen LogP contribution in [0.15, 0.2) is 52.9 Å². The molecular weight excluding hydrogens is 380 g/mol. The van der Waals surface area contributed by atoms with Gasteiger partial charge in [0.2, 0.25) is 17.7 Å². The molecule has 6 nitrogen and oxygen atoms in total. The first-order valence-electron chi connectivity index (χ1n) is 8.91. The van der Waals surface area contributed by atoms with Crippen LogP contribution in [0.4, 0.5) is 14.5 Å². The van der Waals surface area contributed by atoms with E-state index in [0.717, 1.165) is 0 Å². The number of para-hydroxylation sites is 1. The minimum absolute atomic E-state index is 0.0282. The second kappa shape index (κ2) is 8.64. The van der Waals surface area contributed by atoms with E-state index in [9.17, 15) is 18.4 Å². The van der Waals surface area contributed by atoms with Gasteiger partial charge in [0, 0.05) is 0 Å². The number of nitrogens with zero attached hydrogens (tertiary/aromatic N) is 1. The van der Waals surface area contributed by atoms with Gasteiger partial charge in [0.25, 0.3) is 0 Å². The quantitative estimate of drug-likeness (QED) is 0.663. The highest BCUT2D eigenvalue weighted by Crippen LogP contribution is 2.24. The monoisotopic (exact) mass is 399 g/mol. The van der Waals surface area contributed by atoms with Crippen LogP contribution in [0.5, 0.6) is 0 Å². The van der Waals surface area contributed by atoms with E-state index in [4.69, 9.17) is 4.42 Å². The number of oxazole rings is 1. The van der Waals surface area contributed by atoms with Crippen LogP contribution in [-0.4, -0.2) is 22.8 Å². The Bertz CT molecular complexity index is 1050. The Kier molecular flexibility index (Phi) is 6.01. The van der Waals surface area contributed by atoms with Crippen LogP contribution in [0.2, 0.25) is 0 Å². The molecule has 0 fully saturated rings. The van der Waals surface area contributed by atoms with E-state index in [1.165, 1.54) is 37.3 Å². The van der Waals surface area contributed by atoms with E-state index in [1.807, 2.05) is 0 Å². The minimum Gasteiger partial charge on any atom is -0.441 e. The zero-order valence-corrected chi connectivity index (χ0v) is 15.8. The molecule has 0 aliphatic carbocycles. The maximum Gasteiger partial charge on any atom is 0.246 e. The Hall–Kier alpha value is -3.55. The smallest absolute Gasteiger partial charge is 0.246 e. The molecule has 0 aliphatic heterocycles. The van der Waals surface area contributed by atoms with Crippen LogP contribution >= 0.6 is 0 Å². The average Bonchev–Trinajstić information content (AvgIpc) is 3.03. The fraction of sp³-hybridized carbons (Fsp3) is 0.190. The van der Waals surface area contributed by atoms with Crippen molar-refractivity contribution in [2.24, 2.45) is 0 Å². The molecule has 0 saturated heterocycles. The van der Waals surface area contributed by atoms with Crippen molar-refractivity contribution in [3.8, 4) is 11.5 Å². The molecule has 2 N–H and O–H groups in total. The number of halogens is 2. The predicted molar refractivity (Wildman–Crippen MR) is 103 cm³/mol. The lowest BCUT2D eigenvalue weighted by Gasteiger charge is -2.14. The van der Waals surface area contributed by atoms with Gasteiger partial charge in [-0.25, -0.2) is 13.8 Å². The number of benzene rings is 2. The zero-order valence-electron chi connectivity index (χ0n) is 15.8. The number of carbonyl (C=O) groups excluding carboxylic acids is 2. The number of carbonyl (C=O) groups is 2. The van der Waals surface area contributed by atoms with Crippen LogP contribution in [-0.2, 0) is 16.0 Å². The number of amides is 2. The average molecular weight is 399 g/mol. The third-order valence-electron chi connectivity index (χ3n) is 4.23. The molecule has 8 heteroatoms. The van der Waals surface area contributed by atoms with E-state index in [0.29, 0.717) is 11.5 Å². The van der Waals surface area contributed by atoms with E-state index < -0.39 is 29.5 Å². The summed E-state index contributed by atoms with van der Waals surface area (Å²) in [5.74, 6) is -1.64. The third kappa shape index (κ3) is 4.84. The fourth-order valence-electron chi connectivity index (χ4n) is 2.66. The van der Waals surface area contributed by atoms with Gasteiger partial charge in [0.1, 0.15) is 23.4 Å². The number of hydrogen-bond donors (Lipinski definition) is 2. The number of rotatable bonds is 6. The molecule has 0 radical (unpaired) electrons. The summed E-state index contributed by atoms with van der Waals surface area (Å²) in [5, 5.41) is 4.94. The molecule has 29 heavy (non-hydrogen) atoms. The molecule has 3 rings (SSSR count). The van der Waals surface area contributed by atoms with Gasteiger partial charge < -0.3 is 15.1 Å². The maximum absolute atomic E-state index is 13.9. The topological polar surface area (TPSA) is 84.2 Å². The Morgan fingerprint density at radius 2 is 1.72 bits per heavy atom. The molecule has 2 amide bonds. The second-order valence-corrected chi connectivity index (χ2v) is 6.44. The van der Waals surface area contributed by atoms with Crippen LogP contribution in [0, 0.1) is 18.6 Å². The molecule has 1 aromatic heterocycles. The Balaban J connectivity index is 1.63. The summed E-state index contributed by atoms with van der Waals surface area (Å²) in [6, 6.07) is 10.9. The van der Waals surface area contributed by atoms with Crippen LogP contribution < -0.4 is 10.6 Å². The molecule has 2 aromatic carbocycles. The second-order valence-electron chi connectivity index (χ2n) is 6.44. The number of anilines is 1. The Labute approximate surface area is 166 Å². The fourth-order valence-corrected chi connectivity index (χ4v) is 2.66. The predicted octanol–water partition coefficient (Wildman–Crippen LogP) is 3.61. The summed E-state index contributed by atoms with van der Waals surface area (Å²) >= 11 is 0. The first kappa shape index (κ1) is 20.2. The first-order chi connectivity index (χ1) is 13.8. The number of hydrogen-bond acceptors (Lipinski definition) is 4. The van der Waals surface area contributed by atoms with Gasteiger partial charge in [-0.15, -0.1) is 0 Å². The molecule has 3 aromatic rings. The van der Waals surface area contributed by atoms with Crippen molar-refractivity contribution < 1.29 is 22.8 Å². The standard InChI is InChI=1S/C21H19F2N3O3/c1-12(20(28)25-17-10-6-5-9-16(17)23)24-19(27)11-18-13(2)29-21(26-18)14-7-3-4-8-15(14)22/h3-10,12H,11H2,1-2H3,(H,24,27)(H,25,28). The summed E-state index contributed by atoms with van der Waals surface area (Å²) in [4.78, 5) is 28.7. The van der Waals surface area contributed by atoms with Crippen molar-refractivity contribution in [2.75, 3.05) is 5.32 Å². The number of aryl methyl sites for hydroxylation is 1. The van der Waals surface area contributed by atoms with E-state index in [2.05, 4.69) is 15.6 Å². The summed E-state index contributed by atoms with van der Waals surface area (Å²) in [6.45, 7) is 3.10. The van der Waals surface area contributed by atoms with Gasteiger partial charge in [-0.3, -0.25) is 9.59 Å². The van der Waals surface area contributed by atoms with E-state index in [1.54, 1.807) is 25.1 Å². The SMILES string of the molecule is Cc1oc(-c2ccccc2F)nc1CC(=O)NC(C)C(=O)Nc1ccccc1F. The van der Waals surface area contributed by atoms with Gasteiger partial charge in [0.05, 0.1) is 23.4 Å². The highest BCUT2D eigenvalue weighted by molar-refractivity contribution is 5.97. The lowest BCUT2D eigenvalue weighted by Crippen LogP contribution is -2.42. The number of nitrogens with one attached hydrogen (secondary N) is 2. The molecular formula is C21H19F2N3O3. The van der Waals surface area contributed by atoms with Crippen molar-refractivity contribution in [3.63, 3.8) is 0 Å². The molecule has 1 atom stereocenters. The third-order valence-corrected chi connectivity index (χ3v) is 4.23. The Morgan fingerprint density at radius 1 is 1.07 bits per heavy atom. The van der Waals surface area contributed by atoms with Crippen molar-refractivity contribution in [3.05, 3.63) is 71.6 Å². The van der Waals surface area contributed by atoms with Gasteiger partial charge in [-0.05, 0) is 38.1 Å². The van der Waals surface area contributed by atoms with Crippen LogP contribution in [0.3, 0.4) is 0 Å². The zero-order chi connectivity index (χ0) is 21.0. The molecule has 1 heterocycles. The highest BCUT2D eigenvalue weighted by Gasteiger charge is 2.20. The number of aromatic nitrogens is 1. The molecule has 0 bridgehead atoms. The Morgan fingerprint density at radius 3 is 2.41 bits per heavy atom. The van der Waals surface area contributed by atoms with E-state index in [-0.39, 0.29) is 23.6 Å². The molecule has 0 aliphatic rings. The lowest BCUT2D eigenvalue weighted by atomic mass is 10.2. The summed E-state index contributed by atoms with van der Waals surface area (Å²) in [6.07, 6.45) is -0.152. The summed E-state index contributed by atoms with van der Waals surface area (Å²) in [7, 11) is 0. The van der Waals surface area contributed by atoms with E-state index >= 15 is 0 Å². The molecule has 0 saturated carbocycles. The van der Waals surface area contributed by atoms with Crippen molar-refractivity contribution >= 4 is 17.5 Å². The largest absolute Gasteiger partial charge is 0.441 e. The summed E-state index contributed by atoms with van der Waals surface area (Å²) < 4.78 is 33.0. The van der Waals surface area contributed by atoms with Crippen LogP contribution in [0.25, 0.3) is 11.5 Å².